The van der Waals surface area contributed by atoms with Gasteiger partial charge >= 0.3 is 5.97 Å². The van der Waals surface area contributed by atoms with Crippen LogP contribution in [0.2, 0.25) is 0 Å². The fourth-order valence-corrected chi connectivity index (χ4v) is 2.71. The van der Waals surface area contributed by atoms with Crippen molar-refractivity contribution in [2.45, 2.75) is 44.6 Å². The number of benzene rings is 1. The summed E-state index contributed by atoms with van der Waals surface area (Å²) < 4.78 is 0. The Kier molecular flexibility index (Phi) is 5.14. The SMILES string of the molecule is C=CCCC(NC(=O)Cc1ccc2c(c1)CCC2)C(=O)O. The maximum absolute atomic E-state index is 12.0. The van der Waals surface area contributed by atoms with Gasteiger partial charge in [0.1, 0.15) is 6.04 Å². The predicted molar refractivity (Wildman–Crippen MR) is 81.2 cm³/mol. The minimum atomic E-state index is -1.00. The molecule has 4 heteroatoms. The number of carboxylic acid groups (broad SMARTS) is 1. The minimum absolute atomic E-state index is 0.227. The summed E-state index contributed by atoms with van der Waals surface area (Å²) in [5, 5.41) is 11.7. The van der Waals surface area contributed by atoms with E-state index in [2.05, 4.69) is 24.0 Å². The molecule has 0 saturated carbocycles. The highest BCUT2D eigenvalue weighted by Crippen LogP contribution is 2.22. The molecule has 1 aliphatic rings. The van der Waals surface area contributed by atoms with E-state index in [1.165, 1.54) is 17.5 Å². The van der Waals surface area contributed by atoms with Crippen LogP contribution in [-0.4, -0.2) is 23.0 Å². The first-order valence-corrected chi connectivity index (χ1v) is 7.34. The summed E-state index contributed by atoms with van der Waals surface area (Å²) in [6.07, 6.45) is 6.18. The Morgan fingerprint density at radius 2 is 2.10 bits per heavy atom. The summed E-state index contributed by atoms with van der Waals surface area (Å²) in [6, 6.07) is 5.27. The second kappa shape index (κ2) is 7.07. The topological polar surface area (TPSA) is 66.4 Å². The summed E-state index contributed by atoms with van der Waals surface area (Å²) in [4.78, 5) is 23.1. The summed E-state index contributed by atoms with van der Waals surface area (Å²) in [7, 11) is 0. The molecule has 0 aromatic heterocycles. The lowest BCUT2D eigenvalue weighted by molar-refractivity contribution is -0.141. The first-order valence-electron chi connectivity index (χ1n) is 7.34. The van der Waals surface area contributed by atoms with Crippen molar-refractivity contribution in [2.75, 3.05) is 0 Å². The van der Waals surface area contributed by atoms with Crippen molar-refractivity contribution < 1.29 is 14.7 Å². The van der Waals surface area contributed by atoms with Crippen molar-refractivity contribution in [1.82, 2.24) is 5.32 Å². The molecule has 1 unspecified atom stereocenters. The average molecular weight is 287 g/mol. The van der Waals surface area contributed by atoms with E-state index in [1.54, 1.807) is 6.08 Å². The largest absolute Gasteiger partial charge is 0.480 e. The van der Waals surface area contributed by atoms with E-state index in [-0.39, 0.29) is 12.3 Å². The Morgan fingerprint density at radius 1 is 1.33 bits per heavy atom. The van der Waals surface area contributed by atoms with Crippen LogP contribution in [-0.2, 0) is 28.9 Å². The zero-order valence-corrected chi connectivity index (χ0v) is 12.1. The minimum Gasteiger partial charge on any atom is -0.480 e. The van der Waals surface area contributed by atoms with Crippen LogP contribution in [0.25, 0.3) is 0 Å². The number of allylic oxidation sites excluding steroid dienone is 1. The van der Waals surface area contributed by atoms with E-state index in [0.29, 0.717) is 12.8 Å². The zero-order chi connectivity index (χ0) is 15.2. The average Bonchev–Trinajstić information content (AvgIpc) is 2.90. The Balaban J connectivity index is 1.94. The second-order valence-corrected chi connectivity index (χ2v) is 5.46. The number of nitrogens with one attached hydrogen (secondary N) is 1. The molecule has 112 valence electrons. The van der Waals surface area contributed by atoms with Gasteiger partial charge in [0.2, 0.25) is 5.91 Å². The molecule has 1 aliphatic carbocycles. The fraction of sp³-hybridized carbons (Fsp3) is 0.412. The number of carboxylic acids is 1. The number of carbonyl (C=O) groups excluding carboxylic acids is 1. The normalized spacial score (nSPS) is 14.3. The number of aliphatic carboxylic acids is 1. The number of fused-ring (bicyclic) bond motifs is 1. The number of hydrogen-bond acceptors (Lipinski definition) is 2. The van der Waals surface area contributed by atoms with E-state index in [4.69, 9.17) is 5.11 Å². The van der Waals surface area contributed by atoms with Crippen molar-refractivity contribution in [1.29, 1.82) is 0 Å². The first-order chi connectivity index (χ1) is 10.1. The molecule has 1 amide bonds. The van der Waals surface area contributed by atoms with E-state index in [0.717, 1.165) is 18.4 Å². The van der Waals surface area contributed by atoms with Crippen molar-refractivity contribution in [2.24, 2.45) is 0 Å². The molecule has 4 nitrogen and oxygen atoms in total. The van der Waals surface area contributed by atoms with Crippen LogP contribution < -0.4 is 5.32 Å². The summed E-state index contributed by atoms with van der Waals surface area (Å²) in [5.74, 6) is -1.25. The van der Waals surface area contributed by atoms with Crippen molar-refractivity contribution >= 4 is 11.9 Å². The third-order valence-electron chi connectivity index (χ3n) is 3.82. The molecule has 0 aliphatic heterocycles. The maximum Gasteiger partial charge on any atom is 0.326 e. The highest BCUT2D eigenvalue weighted by atomic mass is 16.4. The molecule has 21 heavy (non-hydrogen) atoms. The van der Waals surface area contributed by atoms with Gasteiger partial charge < -0.3 is 10.4 Å². The number of rotatable bonds is 7. The van der Waals surface area contributed by atoms with Gasteiger partial charge in [-0.15, -0.1) is 6.58 Å². The van der Waals surface area contributed by atoms with E-state index in [9.17, 15) is 9.59 Å². The van der Waals surface area contributed by atoms with Crippen molar-refractivity contribution in [3.8, 4) is 0 Å². The van der Waals surface area contributed by atoms with Crippen molar-refractivity contribution in [3.05, 3.63) is 47.5 Å². The fourth-order valence-electron chi connectivity index (χ4n) is 2.71. The van der Waals surface area contributed by atoms with Crippen LogP contribution in [0.3, 0.4) is 0 Å². The molecule has 2 N–H and O–H groups in total. The quantitative estimate of drug-likeness (QED) is 0.756. The van der Waals surface area contributed by atoms with E-state index >= 15 is 0 Å². The molecule has 2 rings (SSSR count). The Labute approximate surface area is 124 Å². The van der Waals surface area contributed by atoms with Crippen LogP contribution in [0.5, 0.6) is 0 Å². The van der Waals surface area contributed by atoms with Gasteiger partial charge in [-0.05, 0) is 48.8 Å². The van der Waals surface area contributed by atoms with Crippen LogP contribution in [0, 0.1) is 0 Å². The molecule has 0 spiro atoms. The van der Waals surface area contributed by atoms with Gasteiger partial charge in [0.15, 0.2) is 0 Å². The number of carbonyl (C=O) groups is 2. The van der Waals surface area contributed by atoms with Gasteiger partial charge in [0.25, 0.3) is 0 Å². The zero-order valence-electron chi connectivity index (χ0n) is 12.1. The monoisotopic (exact) mass is 287 g/mol. The lowest BCUT2D eigenvalue weighted by atomic mass is 10.0. The van der Waals surface area contributed by atoms with Gasteiger partial charge in [-0.25, -0.2) is 4.79 Å². The first kappa shape index (κ1) is 15.3. The lowest BCUT2D eigenvalue weighted by Crippen LogP contribution is -2.41. The molecule has 0 saturated heterocycles. The van der Waals surface area contributed by atoms with Crippen LogP contribution >= 0.6 is 0 Å². The molecular weight excluding hydrogens is 266 g/mol. The highest BCUT2D eigenvalue weighted by molar-refractivity contribution is 5.84. The molecule has 1 atom stereocenters. The predicted octanol–water partition coefficient (Wildman–Crippen LogP) is 2.25. The number of amides is 1. The van der Waals surface area contributed by atoms with Gasteiger partial charge in [-0.1, -0.05) is 24.3 Å². The molecule has 1 aromatic carbocycles. The van der Waals surface area contributed by atoms with E-state index in [1.807, 2.05) is 6.07 Å². The second-order valence-electron chi connectivity index (χ2n) is 5.46. The summed E-state index contributed by atoms with van der Waals surface area (Å²) in [6.45, 7) is 3.57. The van der Waals surface area contributed by atoms with Gasteiger partial charge in [-0.3, -0.25) is 4.79 Å². The van der Waals surface area contributed by atoms with Crippen LogP contribution in [0.1, 0.15) is 36.0 Å². The highest BCUT2D eigenvalue weighted by Gasteiger charge is 2.19. The summed E-state index contributed by atoms with van der Waals surface area (Å²) >= 11 is 0. The maximum atomic E-state index is 12.0. The smallest absolute Gasteiger partial charge is 0.326 e. The number of aryl methyl sites for hydroxylation is 2. The molecule has 0 heterocycles. The third-order valence-corrected chi connectivity index (χ3v) is 3.82. The Hall–Kier alpha value is -2.10. The van der Waals surface area contributed by atoms with Gasteiger partial charge in [0, 0.05) is 0 Å². The van der Waals surface area contributed by atoms with Crippen LogP contribution in [0.15, 0.2) is 30.9 Å². The van der Waals surface area contributed by atoms with Crippen LogP contribution in [0.4, 0.5) is 0 Å². The van der Waals surface area contributed by atoms with E-state index < -0.39 is 12.0 Å². The molecule has 1 aromatic rings. The summed E-state index contributed by atoms with van der Waals surface area (Å²) in [5.41, 5.74) is 3.64. The molecule has 0 fully saturated rings. The standard InChI is InChI=1S/C17H21NO3/c1-2-3-7-15(17(20)21)18-16(19)11-12-8-9-13-5-4-6-14(13)10-12/h2,8-10,15H,1,3-7,11H2,(H,18,19)(H,20,21). The molecule has 0 bridgehead atoms. The Bertz CT molecular complexity index is 551. The van der Waals surface area contributed by atoms with Gasteiger partial charge in [0.05, 0.1) is 6.42 Å². The van der Waals surface area contributed by atoms with Crippen molar-refractivity contribution in [3.63, 3.8) is 0 Å². The molecular formula is C17H21NO3. The van der Waals surface area contributed by atoms with Gasteiger partial charge in [-0.2, -0.15) is 0 Å². The third kappa shape index (κ3) is 4.18. The lowest BCUT2D eigenvalue weighted by Gasteiger charge is -2.14. The number of hydrogen-bond donors (Lipinski definition) is 2. The Morgan fingerprint density at radius 3 is 2.81 bits per heavy atom. The molecule has 0 radical (unpaired) electrons.